The van der Waals surface area contributed by atoms with E-state index in [1.54, 1.807) is 0 Å². The number of allylic oxidation sites excluding steroid dienone is 1. The third kappa shape index (κ3) is 9.41. The summed E-state index contributed by atoms with van der Waals surface area (Å²) in [4.78, 5) is 42.9. The summed E-state index contributed by atoms with van der Waals surface area (Å²) in [5.74, 6) is -0.418. The van der Waals surface area contributed by atoms with Crippen molar-refractivity contribution in [2.24, 2.45) is 11.8 Å². The maximum atomic E-state index is 14.8. The summed E-state index contributed by atoms with van der Waals surface area (Å²) >= 11 is 0. The van der Waals surface area contributed by atoms with E-state index >= 15 is 0 Å². The van der Waals surface area contributed by atoms with Crippen molar-refractivity contribution in [3.8, 4) is 5.75 Å². The van der Waals surface area contributed by atoms with Gasteiger partial charge in [-0.15, -0.1) is 0 Å². The molecule has 9 rings (SSSR count). The van der Waals surface area contributed by atoms with Crippen LogP contribution < -0.4 is 10.4 Å². The molecule has 0 spiro atoms. The normalized spacial score (nSPS) is 22.6. The first kappa shape index (κ1) is 42.3. The maximum Gasteiger partial charge on any atom is 0.339 e. The minimum absolute atomic E-state index is 0.0311. The zero-order valence-corrected chi connectivity index (χ0v) is 36.5. The van der Waals surface area contributed by atoms with Crippen LogP contribution in [0.15, 0.2) is 117 Å². The number of aryl methyl sites for hydroxylation is 2. The van der Waals surface area contributed by atoms with Crippen LogP contribution in [0, 0.1) is 11.8 Å². The molecule has 5 aromatic rings. The lowest BCUT2D eigenvalue weighted by molar-refractivity contribution is -0.201. The van der Waals surface area contributed by atoms with Crippen molar-refractivity contribution in [3.05, 3.63) is 158 Å². The topological polar surface area (TPSA) is 92.0 Å². The Labute approximate surface area is 360 Å². The molecule has 61 heavy (non-hydrogen) atoms. The lowest BCUT2D eigenvalue weighted by Gasteiger charge is -2.49. The third-order valence-electron chi connectivity index (χ3n) is 13.5. The molecule has 1 aliphatic carbocycles. The Balaban J connectivity index is 1.20. The fraction of sp³-hybridized carbons (Fsp3) is 0.426. The van der Waals surface area contributed by atoms with E-state index in [0.717, 1.165) is 68.1 Å². The number of hydrogen-bond donors (Lipinski definition) is 0. The molecule has 3 aliphatic heterocycles. The molecule has 4 aromatic carbocycles. The Hall–Kier alpha value is -5.43. The Morgan fingerprint density at radius 3 is 2.21 bits per heavy atom. The van der Waals surface area contributed by atoms with Gasteiger partial charge in [0.1, 0.15) is 16.9 Å². The molecular formula is C54H60O7. The molecule has 4 aliphatic rings. The summed E-state index contributed by atoms with van der Waals surface area (Å²) in [7, 11) is 0. The van der Waals surface area contributed by atoms with Crippen molar-refractivity contribution >= 4 is 22.9 Å². The molecule has 0 unspecified atom stereocenters. The van der Waals surface area contributed by atoms with Crippen LogP contribution in [-0.4, -0.2) is 23.6 Å². The van der Waals surface area contributed by atoms with Gasteiger partial charge < -0.3 is 18.6 Å². The molecule has 318 valence electrons. The smallest absolute Gasteiger partial charge is 0.339 e. The molecule has 1 aromatic heterocycles. The molecule has 4 atom stereocenters. The predicted molar refractivity (Wildman–Crippen MR) is 240 cm³/mol. The second-order valence-corrected chi connectivity index (χ2v) is 18.5. The highest BCUT2D eigenvalue weighted by atomic mass is 16.6. The van der Waals surface area contributed by atoms with E-state index in [0.29, 0.717) is 52.7 Å². The fourth-order valence-corrected chi connectivity index (χ4v) is 9.99. The largest absolute Gasteiger partial charge is 0.483 e. The van der Waals surface area contributed by atoms with Crippen LogP contribution in [0.25, 0.3) is 11.0 Å². The summed E-state index contributed by atoms with van der Waals surface area (Å²) < 4.78 is 26.7. The van der Waals surface area contributed by atoms with Gasteiger partial charge in [0.15, 0.2) is 12.2 Å². The molecule has 0 amide bonds. The summed E-state index contributed by atoms with van der Waals surface area (Å²) in [6, 6.07) is 33.5. The zero-order chi connectivity index (χ0) is 42.7. The SMILES string of the molecule is CC(C)=C1CCc2ccc(cc2)C[C@@H](CCc2cccc(Cc3ccccc3)c2)CC(=O)O[C@@H]2c3c(ccc4cc(C(C)C)c(=O)oc34)O[C@@](C)(C3CCCCC3)[C@H]2OC1=O. The van der Waals surface area contributed by atoms with Crippen LogP contribution in [0.2, 0.25) is 0 Å². The minimum atomic E-state index is -1.08. The highest BCUT2D eigenvalue weighted by Crippen LogP contribution is 2.52. The van der Waals surface area contributed by atoms with Crippen molar-refractivity contribution in [1.82, 2.24) is 0 Å². The fourth-order valence-electron chi connectivity index (χ4n) is 9.99. The van der Waals surface area contributed by atoms with E-state index < -0.39 is 35.4 Å². The van der Waals surface area contributed by atoms with E-state index in [2.05, 4.69) is 72.8 Å². The number of fused-ring (bicyclic) bond motifs is 13. The lowest BCUT2D eigenvalue weighted by atomic mass is 9.71. The van der Waals surface area contributed by atoms with Crippen molar-refractivity contribution in [2.45, 2.75) is 135 Å². The van der Waals surface area contributed by atoms with Crippen LogP contribution in [0.4, 0.5) is 0 Å². The lowest BCUT2D eigenvalue weighted by Crippen LogP contribution is -2.58. The van der Waals surface area contributed by atoms with Crippen molar-refractivity contribution < 1.29 is 28.2 Å². The molecule has 7 heteroatoms. The first-order valence-corrected chi connectivity index (χ1v) is 22.5. The van der Waals surface area contributed by atoms with Gasteiger partial charge in [-0.25, -0.2) is 9.59 Å². The summed E-state index contributed by atoms with van der Waals surface area (Å²) in [5.41, 5.74) is 7.32. The molecule has 0 N–H and O–H groups in total. The number of esters is 2. The number of carbonyl (C=O) groups is 2. The summed E-state index contributed by atoms with van der Waals surface area (Å²) in [6.45, 7) is 9.82. The monoisotopic (exact) mass is 820 g/mol. The van der Waals surface area contributed by atoms with E-state index in [9.17, 15) is 14.4 Å². The van der Waals surface area contributed by atoms with Crippen LogP contribution in [-0.2, 0) is 44.7 Å². The standard InChI is InChI=1S/C54H60O7/c1-34(2)44-27-25-36-19-21-39(22-20-36)31-41(24-23-38-15-12-16-40(30-38)29-37-13-8-6-9-14-37)32-47(55)58-50-48-46(28-26-42-33-45(35(3)4)53(57)59-49(42)48)61-54(5,51(50)60-52(44)56)43-17-10-7-11-18-43/h6,8-9,12-16,19-22,26,28,30,33,35,41,43,50-51H,7,10-11,17-18,23-25,27,29,31-32H2,1-5H3/t41-,50-,51+,54+/m1/s1. The molecule has 1 fully saturated rings. The number of ether oxygens (including phenoxy) is 3. The minimum Gasteiger partial charge on any atom is -0.483 e. The number of benzene rings is 4. The zero-order valence-electron chi connectivity index (χ0n) is 36.5. The van der Waals surface area contributed by atoms with Gasteiger partial charge in [-0.3, -0.25) is 4.79 Å². The highest BCUT2D eigenvalue weighted by molar-refractivity contribution is 5.90. The maximum absolute atomic E-state index is 14.8. The number of hydrogen-bond acceptors (Lipinski definition) is 7. The second kappa shape index (κ2) is 18.3. The highest BCUT2D eigenvalue weighted by Gasteiger charge is 2.56. The first-order valence-electron chi connectivity index (χ1n) is 22.5. The first-order chi connectivity index (χ1) is 29.4. The van der Waals surface area contributed by atoms with Gasteiger partial charge in [0.2, 0.25) is 0 Å². The van der Waals surface area contributed by atoms with Crippen LogP contribution in [0.1, 0.15) is 137 Å². The van der Waals surface area contributed by atoms with Gasteiger partial charge in [-0.05, 0) is 130 Å². The second-order valence-electron chi connectivity index (χ2n) is 18.5. The van der Waals surface area contributed by atoms with Crippen LogP contribution in [0.5, 0.6) is 5.75 Å². The van der Waals surface area contributed by atoms with Gasteiger partial charge in [0.25, 0.3) is 0 Å². The quantitative estimate of drug-likeness (QED) is 0.0917. The van der Waals surface area contributed by atoms with Gasteiger partial charge in [-0.2, -0.15) is 0 Å². The van der Waals surface area contributed by atoms with Gasteiger partial charge in [0.05, 0.1) is 5.56 Å². The molecule has 0 radical (unpaired) electrons. The average molecular weight is 821 g/mol. The Kier molecular flexibility index (Phi) is 12.7. The van der Waals surface area contributed by atoms with E-state index in [-0.39, 0.29) is 24.2 Å². The third-order valence-corrected chi connectivity index (χ3v) is 13.5. The molecule has 4 heterocycles. The predicted octanol–water partition coefficient (Wildman–Crippen LogP) is 11.9. The molecule has 7 nitrogen and oxygen atoms in total. The van der Waals surface area contributed by atoms with Gasteiger partial charge in [-0.1, -0.05) is 118 Å². The van der Waals surface area contributed by atoms with Crippen LogP contribution in [0.3, 0.4) is 0 Å². The van der Waals surface area contributed by atoms with E-state index in [1.807, 2.05) is 58.9 Å². The van der Waals surface area contributed by atoms with E-state index in [1.165, 1.54) is 16.7 Å². The molecular weight excluding hydrogens is 761 g/mol. The number of carbonyl (C=O) groups excluding carboxylic acids is 2. The number of rotatable bonds is 7. The molecule has 2 bridgehead atoms. The van der Waals surface area contributed by atoms with Crippen molar-refractivity contribution in [3.63, 3.8) is 0 Å². The Morgan fingerprint density at radius 1 is 0.754 bits per heavy atom. The van der Waals surface area contributed by atoms with Gasteiger partial charge >= 0.3 is 17.6 Å². The Bertz CT molecular complexity index is 2450. The Morgan fingerprint density at radius 2 is 1.48 bits per heavy atom. The van der Waals surface area contributed by atoms with Gasteiger partial charge in [0, 0.05) is 28.9 Å². The summed E-state index contributed by atoms with van der Waals surface area (Å²) in [6.07, 6.45) is 7.34. The van der Waals surface area contributed by atoms with Crippen molar-refractivity contribution in [1.29, 1.82) is 0 Å². The summed E-state index contributed by atoms with van der Waals surface area (Å²) in [5, 5.41) is 0.695. The van der Waals surface area contributed by atoms with Crippen molar-refractivity contribution in [2.75, 3.05) is 0 Å². The van der Waals surface area contributed by atoms with E-state index in [4.69, 9.17) is 18.6 Å². The molecule has 0 saturated heterocycles. The molecule has 1 saturated carbocycles. The van der Waals surface area contributed by atoms with Crippen LogP contribution >= 0.6 is 0 Å². The average Bonchev–Trinajstić information content (AvgIpc) is 3.24.